The van der Waals surface area contributed by atoms with Crippen molar-refractivity contribution in [3.63, 3.8) is 0 Å². The van der Waals surface area contributed by atoms with Crippen molar-refractivity contribution in [2.24, 2.45) is 5.14 Å². The Kier molecular flexibility index (Phi) is 5.01. The summed E-state index contributed by atoms with van der Waals surface area (Å²) in [6.45, 7) is 0.394. The van der Waals surface area contributed by atoms with Crippen molar-refractivity contribution in [1.29, 1.82) is 0 Å². The molecule has 25 heavy (non-hydrogen) atoms. The van der Waals surface area contributed by atoms with E-state index in [1.165, 1.54) is 10.9 Å². The van der Waals surface area contributed by atoms with E-state index < -0.39 is 10.0 Å². The summed E-state index contributed by atoms with van der Waals surface area (Å²) in [6.07, 6.45) is 0. The van der Waals surface area contributed by atoms with Gasteiger partial charge in [-0.15, -0.1) is 10.2 Å². The van der Waals surface area contributed by atoms with Gasteiger partial charge in [0.05, 0.1) is 24.1 Å². The lowest BCUT2D eigenvalue weighted by atomic mass is 10.2. The highest BCUT2D eigenvalue weighted by Crippen LogP contribution is 2.28. The van der Waals surface area contributed by atoms with E-state index in [4.69, 9.17) is 9.88 Å². The molecule has 3 rings (SSSR count). The Balaban J connectivity index is 1.94. The average Bonchev–Trinajstić information content (AvgIpc) is 3.02. The second kappa shape index (κ2) is 7.06. The smallest absolute Gasteiger partial charge is 0.238 e. The van der Waals surface area contributed by atoms with Crippen LogP contribution in [0.15, 0.2) is 47.4 Å². The fourth-order valence-electron chi connectivity index (χ4n) is 2.26. The number of benzene rings is 2. The molecule has 1 heterocycles. The second-order valence-corrected chi connectivity index (χ2v) is 7.84. The molecule has 0 amide bonds. The number of hydrogen-bond acceptors (Lipinski definition) is 6. The number of hydrogen-bond donors (Lipinski definition) is 1. The van der Waals surface area contributed by atoms with Crippen molar-refractivity contribution in [3.05, 3.63) is 51.6 Å². The lowest BCUT2D eigenvalue weighted by Gasteiger charge is -2.06. The van der Waals surface area contributed by atoms with Gasteiger partial charge in [-0.25, -0.2) is 13.6 Å². The SMILES string of the molecule is COc1ccc(Cn2nnc(-c3c(I)cccc3S(N)(=O)=O)n2)cc1. The van der Waals surface area contributed by atoms with E-state index in [0.29, 0.717) is 15.7 Å². The van der Waals surface area contributed by atoms with E-state index in [9.17, 15) is 8.42 Å². The summed E-state index contributed by atoms with van der Waals surface area (Å²) in [5.41, 5.74) is 1.31. The minimum absolute atomic E-state index is 0.0246. The van der Waals surface area contributed by atoms with Crippen LogP contribution in [0.2, 0.25) is 0 Å². The van der Waals surface area contributed by atoms with Crippen LogP contribution in [0.4, 0.5) is 0 Å². The lowest BCUT2D eigenvalue weighted by Crippen LogP contribution is -2.14. The van der Waals surface area contributed by atoms with Gasteiger partial charge in [0.2, 0.25) is 15.8 Å². The summed E-state index contributed by atoms with van der Waals surface area (Å²) in [4.78, 5) is 1.37. The molecule has 0 aliphatic rings. The van der Waals surface area contributed by atoms with Gasteiger partial charge in [-0.2, -0.15) is 4.80 Å². The van der Waals surface area contributed by atoms with Crippen LogP contribution in [0, 0.1) is 3.57 Å². The minimum Gasteiger partial charge on any atom is -0.497 e. The van der Waals surface area contributed by atoms with Crippen molar-refractivity contribution in [3.8, 4) is 17.1 Å². The van der Waals surface area contributed by atoms with E-state index in [2.05, 4.69) is 15.4 Å². The normalized spacial score (nSPS) is 11.5. The maximum absolute atomic E-state index is 11.8. The molecule has 0 unspecified atom stereocenters. The summed E-state index contributed by atoms with van der Waals surface area (Å²) in [6, 6.07) is 12.3. The largest absolute Gasteiger partial charge is 0.497 e. The summed E-state index contributed by atoms with van der Waals surface area (Å²) in [5.74, 6) is 0.968. The van der Waals surface area contributed by atoms with Crippen LogP contribution >= 0.6 is 22.6 Å². The third kappa shape index (κ3) is 3.96. The van der Waals surface area contributed by atoms with Gasteiger partial charge in [0.1, 0.15) is 5.75 Å². The third-order valence-corrected chi connectivity index (χ3v) is 5.29. The van der Waals surface area contributed by atoms with Crippen molar-refractivity contribution < 1.29 is 13.2 Å². The number of nitrogens with two attached hydrogens (primary N) is 1. The number of sulfonamides is 1. The monoisotopic (exact) mass is 471 g/mol. The zero-order valence-corrected chi connectivity index (χ0v) is 16.1. The van der Waals surface area contributed by atoms with Gasteiger partial charge < -0.3 is 4.74 Å². The summed E-state index contributed by atoms with van der Waals surface area (Å²) in [5, 5.41) is 17.6. The Bertz CT molecular complexity index is 1000. The number of tetrazole rings is 1. The number of aromatic nitrogens is 4. The molecule has 0 saturated heterocycles. The van der Waals surface area contributed by atoms with E-state index in [-0.39, 0.29) is 10.7 Å². The van der Waals surface area contributed by atoms with Gasteiger partial charge in [0.25, 0.3) is 0 Å². The maximum Gasteiger partial charge on any atom is 0.238 e. The molecule has 0 atom stereocenters. The quantitative estimate of drug-likeness (QED) is 0.567. The van der Waals surface area contributed by atoms with E-state index >= 15 is 0 Å². The zero-order chi connectivity index (χ0) is 18.0. The molecule has 130 valence electrons. The first-order chi connectivity index (χ1) is 11.9. The predicted molar refractivity (Wildman–Crippen MR) is 99.4 cm³/mol. The van der Waals surface area contributed by atoms with Crippen LogP contribution in [0.5, 0.6) is 5.75 Å². The molecule has 0 fully saturated rings. The van der Waals surface area contributed by atoms with Crippen molar-refractivity contribution >= 4 is 32.6 Å². The molecule has 1 aromatic heterocycles. The van der Waals surface area contributed by atoms with Crippen LogP contribution in [0.3, 0.4) is 0 Å². The van der Waals surface area contributed by atoms with Crippen molar-refractivity contribution in [2.45, 2.75) is 11.4 Å². The molecule has 0 bridgehead atoms. The molecule has 0 aliphatic heterocycles. The van der Waals surface area contributed by atoms with Crippen LogP contribution in [0.1, 0.15) is 5.56 Å². The third-order valence-electron chi connectivity index (χ3n) is 3.44. The highest BCUT2D eigenvalue weighted by Gasteiger charge is 2.21. The van der Waals surface area contributed by atoms with Crippen LogP contribution in [-0.4, -0.2) is 35.7 Å². The molecular formula is C15H14IN5O3S. The number of rotatable bonds is 5. The highest BCUT2D eigenvalue weighted by atomic mass is 127. The number of halogens is 1. The summed E-state index contributed by atoms with van der Waals surface area (Å²) in [7, 11) is -2.30. The number of nitrogens with zero attached hydrogens (tertiary/aromatic N) is 4. The fourth-order valence-corrected chi connectivity index (χ4v) is 3.94. The molecule has 0 saturated carbocycles. The number of primary sulfonamides is 1. The van der Waals surface area contributed by atoms with E-state index in [1.807, 2.05) is 46.9 Å². The summed E-state index contributed by atoms with van der Waals surface area (Å²) >= 11 is 2.02. The lowest BCUT2D eigenvalue weighted by molar-refractivity contribution is 0.414. The molecule has 2 N–H and O–H groups in total. The molecule has 0 aliphatic carbocycles. The van der Waals surface area contributed by atoms with E-state index in [0.717, 1.165) is 11.3 Å². The number of ether oxygens (including phenoxy) is 1. The van der Waals surface area contributed by atoms with E-state index in [1.54, 1.807) is 19.2 Å². The fraction of sp³-hybridized carbons (Fsp3) is 0.133. The topological polar surface area (TPSA) is 113 Å². The molecule has 3 aromatic rings. The Labute approximate surface area is 158 Å². The molecule has 0 spiro atoms. The molecule has 0 radical (unpaired) electrons. The predicted octanol–water partition coefficient (Wildman–Crippen LogP) is 1.65. The zero-order valence-electron chi connectivity index (χ0n) is 13.1. The Morgan fingerprint density at radius 1 is 1.20 bits per heavy atom. The van der Waals surface area contributed by atoms with Crippen molar-refractivity contribution in [1.82, 2.24) is 20.2 Å². The Morgan fingerprint density at radius 3 is 2.56 bits per heavy atom. The first-order valence-corrected chi connectivity index (χ1v) is 9.73. The standard InChI is InChI=1S/C15H14IN5O3S/c1-24-11-7-5-10(6-8-11)9-21-19-15(18-20-21)14-12(16)3-2-4-13(14)25(17,22)23/h2-8H,9H2,1H3,(H2,17,22,23). The summed E-state index contributed by atoms with van der Waals surface area (Å²) < 4.78 is 29.4. The maximum atomic E-state index is 11.8. The minimum atomic E-state index is -3.90. The average molecular weight is 471 g/mol. The molecule has 8 nitrogen and oxygen atoms in total. The Hall–Kier alpha value is -2.05. The van der Waals surface area contributed by atoms with Crippen LogP contribution in [0.25, 0.3) is 11.4 Å². The first-order valence-electron chi connectivity index (χ1n) is 7.11. The molecular weight excluding hydrogens is 457 g/mol. The highest BCUT2D eigenvalue weighted by molar-refractivity contribution is 14.1. The van der Waals surface area contributed by atoms with Gasteiger partial charge in [-0.05, 0) is 57.6 Å². The second-order valence-electron chi connectivity index (χ2n) is 5.15. The van der Waals surface area contributed by atoms with Crippen molar-refractivity contribution in [2.75, 3.05) is 7.11 Å². The van der Waals surface area contributed by atoms with Crippen LogP contribution in [-0.2, 0) is 16.6 Å². The van der Waals surface area contributed by atoms with Gasteiger partial charge >= 0.3 is 0 Å². The Morgan fingerprint density at radius 2 is 1.92 bits per heavy atom. The van der Waals surface area contributed by atoms with Gasteiger partial charge in [0, 0.05) is 3.57 Å². The van der Waals surface area contributed by atoms with Gasteiger partial charge in [-0.1, -0.05) is 18.2 Å². The van der Waals surface area contributed by atoms with Gasteiger partial charge in [-0.3, -0.25) is 0 Å². The first kappa shape index (κ1) is 17.8. The van der Waals surface area contributed by atoms with Gasteiger partial charge in [0.15, 0.2) is 0 Å². The molecule has 2 aromatic carbocycles. The molecule has 10 heteroatoms. The van der Waals surface area contributed by atoms with Crippen LogP contribution < -0.4 is 9.88 Å². The number of methoxy groups -OCH3 is 1.